The second kappa shape index (κ2) is 6.04. The Bertz CT molecular complexity index is 595. The number of carbonyl (C=O) groups excluding carboxylic acids is 1. The molecule has 0 spiro atoms. The fourth-order valence-corrected chi connectivity index (χ4v) is 1.61. The quantitative estimate of drug-likeness (QED) is 0.800. The number of nitrogens with zero attached hydrogens (tertiary/aromatic N) is 1. The van der Waals surface area contributed by atoms with Crippen LogP contribution in [-0.4, -0.2) is 22.1 Å². The summed E-state index contributed by atoms with van der Waals surface area (Å²) >= 11 is 5.76. The van der Waals surface area contributed by atoms with Gasteiger partial charge in [-0.3, -0.25) is 4.79 Å². The van der Waals surface area contributed by atoms with Gasteiger partial charge < -0.3 is 20.6 Å². The van der Waals surface area contributed by atoms with E-state index in [4.69, 9.17) is 21.8 Å². The van der Waals surface area contributed by atoms with Crippen LogP contribution in [0.15, 0.2) is 34.9 Å². The molecule has 2 unspecified atom stereocenters. The molecule has 0 radical (unpaired) electrons. The highest BCUT2D eigenvalue weighted by molar-refractivity contribution is 6.30. The molecular formula is C13H14ClN3O3. The number of carbonyl (C=O) groups is 1. The first-order valence-corrected chi connectivity index (χ1v) is 6.31. The zero-order valence-electron chi connectivity index (χ0n) is 10.7. The first kappa shape index (κ1) is 14.5. The average molecular weight is 296 g/mol. The summed E-state index contributed by atoms with van der Waals surface area (Å²) in [7, 11) is 0. The molecule has 0 bridgehead atoms. The SMILES string of the molecule is CC(O)C(N)c1nc(C(=O)Nc2ccc(Cl)cc2)co1. The second-order valence-electron chi connectivity index (χ2n) is 4.30. The van der Waals surface area contributed by atoms with Crippen LogP contribution in [0.1, 0.15) is 29.3 Å². The van der Waals surface area contributed by atoms with E-state index in [9.17, 15) is 9.90 Å². The molecule has 2 atom stereocenters. The van der Waals surface area contributed by atoms with Gasteiger partial charge in [0.15, 0.2) is 5.69 Å². The number of rotatable bonds is 4. The summed E-state index contributed by atoms with van der Waals surface area (Å²) < 4.78 is 5.09. The standard InChI is InChI=1S/C13H14ClN3O3/c1-7(18)11(15)13-17-10(6-20-13)12(19)16-9-4-2-8(14)3-5-9/h2-7,11,18H,15H2,1H3,(H,16,19). The molecule has 0 saturated carbocycles. The molecule has 0 saturated heterocycles. The number of anilines is 1. The molecule has 7 heteroatoms. The minimum atomic E-state index is -0.819. The number of nitrogens with two attached hydrogens (primary N) is 1. The molecule has 1 aromatic carbocycles. The van der Waals surface area contributed by atoms with Crippen molar-refractivity contribution in [3.63, 3.8) is 0 Å². The van der Waals surface area contributed by atoms with Crippen LogP contribution in [0.2, 0.25) is 5.02 Å². The minimum absolute atomic E-state index is 0.0889. The third kappa shape index (κ3) is 3.36. The Kier molecular flexibility index (Phi) is 4.39. The van der Waals surface area contributed by atoms with Crippen molar-refractivity contribution in [2.45, 2.75) is 19.1 Å². The number of aromatic nitrogens is 1. The predicted octanol–water partition coefficient (Wildman–Crippen LogP) is 1.96. The number of aliphatic hydroxyl groups excluding tert-OH is 1. The molecule has 1 aromatic heterocycles. The molecule has 4 N–H and O–H groups in total. The van der Waals surface area contributed by atoms with Crippen molar-refractivity contribution in [3.05, 3.63) is 47.1 Å². The fourth-order valence-electron chi connectivity index (χ4n) is 1.48. The lowest BCUT2D eigenvalue weighted by atomic mass is 10.2. The van der Waals surface area contributed by atoms with Gasteiger partial charge in [0.05, 0.1) is 6.10 Å². The van der Waals surface area contributed by atoms with Crippen molar-refractivity contribution in [1.29, 1.82) is 0 Å². The molecular weight excluding hydrogens is 282 g/mol. The number of halogens is 1. The summed E-state index contributed by atoms with van der Waals surface area (Å²) in [4.78, 5) is 15.9. The van der Waals surface area contributed by atoms with E-state index in [0.717, 1.165) is 0 Å². The van der Waals surface area contributed by atoms with Crippen LogP contribution in [0.25, 0.3) is 0 Å². The van der Waals surface area contributed by atoms with Gasteiger partial charge in [-0.05, 0) is 31.2 Å². The minimum Gasteiger partial charge on any atom is -0.446 e. The maximum Gasteiger partial charge on any atom is 0.277 e. The second-order valence-corrected chi connectivity index (χ2v) is 4.73. The first-order chi connectivity index (χ1) is 9.47. The van der Waals surface area contributed by atoms with Crippen LogP contribution in [0.4, 0.5) is 5.69 Å². The maximum absolute atomic E-state index is 11.9. The Morgan fingerprint density at radius 1 is 1.45 bits per heavy atom. The van der Waals surface area contributed by atoms with Gasteiger partial charge in [-0.15, -0.1) is 0 Å². The number of nitrogens with one attached hydrogen (secondary N) is 1. The Balaban J connectivity index is 2.08. The Morgan fingerprint density at radius 3 is 2.70 bits per heavy atom. The molecule has 106 valence electrons. The normalized spacial score (nSPS) is 13.8. The van der Waals surface area contributed by atoms with Gasteiger partial charge in [0.1, 0.15) is 12.3 Å². The molecule has 0 aliphatic rings. The number of aliphatic hydroxyl groups is 1. The molecule has 1 heterocycles. The average Bonchev–Trinajstić information content (AvgIpc) is 2.90. The summed E-state index contributed by atoms with van der Waals surface area (Å²) in [6.07, 6.45) is 0.379. The lowest BCUT2D eigenvalue weighted by molar-refractivity contribution is 0.102. The highest BCUT2D eigenvalue weighted by atomic mass is 35.5. The van der Waals surface area contributed by atoms with Crippen molar-refractivity contribution < 1.29 is 14.3 Å². The van der Waals surface area contributed by atoms with Crippen LogP contribution < -0.4 is 11.1 Å². The third-order valence-corrected chi connectivity index (χ3v) is 2.91. The monoisotopic (exact) mass is 295 g/mol. The summed E-state index contributed by atoms with van der Waals surface area (Å²) in [6, 6.07) is 5.89. The highest BCUT2D eigenvalue weighted by Gasteiger charge is 2.20. The van der Waals surface area contributed by atoms with Crippen molar-refractivity contribution in [3.8, 4) is 0 Å². The van der Waals surface area contributed by atoms with Gasteiger partial charge in [0.25, 0.3) is 5.91 Å². The van der Waals surface area contributed by atoms with Gasteiger partial charge in [0.2, 0.25) is 5.89 Å². The summed E-state index contributed by atoms with van der Waals surface area (Å²) in [5.41, 5.74) is 6.34. The van der Waals surface area contributed by atoms with E-state index >= 15 is 0 Å². The van der Waals surface area contributed by atoms with E-state index in [-0.39, 0.29) is 11.6 Å². The molecule has 0 fully saturated rings. The lowest BCUT2D eigenvalue weighted by Gasteiger charge is -2.09. The van der Waals surface area contributed by atoms with E-state index in [1.807, 2.05) is 0 Å². The molecule has 1 amide bonds. The topological polar surface area (TPSA) is 101 Å². The van der Waals surface area contributed by atoms with Gasteiger partial charge in [0, 0.05) is 10.7 Å². The first-order valence-electron chi connectivity index (χ1n) is 5.93. The van der Waals surface area contributed by atoms with Crippen molar-refractivity contribution in [2.75, 3.05) is 5.32 Å². The van der Waals surface area contributed by atoms with E-state index in [2.05, 4.69) is 10.3 Å². The van der Waals surface area contributed by atoms with Crippen molar-refractivity contribution in [2.24, 2.45) is 5.73 Å². The molecule has 2 rings (SSSR count). The predicted molar refractivity (Wildman–Crippen MR) is 74.5 cm³/mol. The Hall–Kier alpha value is -1.89. The number of oxazole rings is 1. The fraction of sp³-hybridized carbons (Fsp3) is 0.231. The highest BCUT2D eigenvalue weighted by Crippen LogP contribution is 2.16. The summed E-state index contributed by atoms with van der Waals surface area (Å²) in [5, 5.41) is 12.6. The van der Waals surface area contributed by atoms with Crippen molar-refractivity contribution in [1.82, 2.24) is 4.98 Å². The number of amides is 1. The van der Waals surface area contributed by atoms with E-state index in [0.29, 0.717) is 10.7 Å². The van der Waals surface area contributed by atoms with Crippen LogP contribution in [0.5, 0.6) is 0 Å². The Morgan fingerprint density at radius 2 is 2.10 bits per heavy atom. The van der Waals surface area contributed by atoms with E-state index in [1.54, 1.807) is 24.3 Å². The third-order valence-electron chi connectivity index (χ3n) is 2.66. The molecule has 2 aromatic rings. The van der Waals surface area contributed by atoms with Gasteiger partial charge in [-0.25, -0.2) is 4.98 Å². The largest absolute Gasteiger partial charge is 0.446 e. The maximum atomic E-state index is 11.9. The number of hydrogen-bond donors (Lipinski definition) is 3. The van der Waals surface area contributed by atoms with Crippen molar-refractivity contribution >= 4 is 23.2 Å². The zero-order valence-corrected chi connectivity index (χ0v) is 11.5. The van der Waals surface area contributed by atoms with Gasteiger partial charge >= 0.3 is 0 Å². The van der Waals surface area contributed by atoms with Crippen LogP contribution in [0, 0.1) is 0 Å². The smallest absolute Gasteiger partial charge is 0.277 e. The summed E-state index contributed by atoms with van der Waals surface area (Å²) in [5.74, 6) is -0.318. The van der Waals surface area contributed by atoms with Gasteiger partial charge in [-0.1, -0.05) is 11.6 Å². The van der Waals surface area contributed by atoms with Gasteiger partial charge in [-0.2, -0.15) is 0 Å². The van der Waals surface area contributed by atoms with Crippen LogP contribution in [-0.2, 0) is 0 Å². The van der Waals surface area contributed by atoms with Crippen LogP contribution in [0.3, 0.4) is 0 Å². The number of hydrogen-bond acceptors (Lipinski definition) is 5. The Labute approximate surface area is 120 Å². The zero-order chi connectivity index (χ0) is 14.7. The molecule has 6 nitrogen and oxygen atoms in total. The van der Waals surface area contributed by atoms with E-state index < -0.39 is 18.1 Å². The lowest BCUT2D eigenvalue weighted by Crippen LogP contribution is -2.23. The van der Waals surface area contributed by atoms with Crippen LogP contribution >= 0.6 is 11.6 Å². The molecule has 0 aliphatic carbocycles. The summed E-state index contributed by atoms with van der Waals surface area (Å²) in [6.45, 7) is 1.52. The molecule has 20 heavy (non-hydrogen) atoms. The number of benzene rings is 1. The molecule has 0 aliphatic heterocycles. The van der Waals surface area contributed by atoms with E-state index in [1.165, 1.54) is 13.2 Å².